The number of hydrogen-bond donors (Lipinski definition) is 3. The van der Waals surface area contributed by atoms with Crippen LogP contribution in [0.5, 0.6) is 0 Å². The van der Waals surface area contributed by atoms with Crippen molar-refractivity contribution in [1.29, 1.82) is 0 Å². The number of hydrogen-bond acceptors (Lipinski definition) is 5. The average molecular weight is 626 g/mol. The van der Waals surface area contributed by atoms with Gasteiger partial charge in [0.1, 0.15) is 0 Å². The SMILES string of the molecule is CCNC(=O)N(CCCN(C)C)C(=O)[C@]12CCC(C)(C)CC1=C1C=CC3[C@@]4(C)CC[C@@H](O)[C@@](C)(CO)C4CC[C@@]3(C)[C@]1(C)CC2. The van der Waals surface area contributed by atoms with Crippen molar-refractivity contribution >= 4 is 11.9 Å². The Hall–Kier alpha value is -1.70. The molecule has 0 aromatic rings. The monoisotopic (exact) mass is 625 g/mol. The first kappa shape index (κ1) is 34.6. The third-order valence-electron chi connectivity index (χ3n) is 14.4. The van der Waals surface area contributed by atoms with Crippen LogP contribution in [-0.4, -0.2) is 78.4 Å². The zero-order valence-corrected chi connectivity index (χ0v) is 29.9. The van der Waals surface area contributed by atoms with Crippen molar-refractivity contribution in [3.05, 3.63) is 23.3 Å². The normalized spacial score (nSPS) is 41.9. The predicted octanol–water partition coefficient (Wildman–Crippen LogP) is 6.55. The van der Waals surface area contributed by atoms with Crippen molar-refractivity contribution in [1.82, 2.24) is 15.1 Å². The molecule has 5 aliphatic carbocycles. The molecule has 5 rings (SSSR count). The first-order valence-electron chi connectivity index (χ1n) is 17.9. The molecule has 45 heavy (non-hydrogen) atoms. The molecule has 2 unspecified atom stereocenters. The van der Waals surface area contributed by atoms with Crippen molar-refractivity contribution in [3.63, 3.8) is 0 Å². The molecular formula is C38H63N3O4. The van der Waals surface area contributed by atoms with E-state index in [-0.39, 0.29) is 46.1 Å². The number of amides is 3. The van der Waals surface area contributed by atoms with Gasteiger partial charge in [-0.1, -0.05) is 59.3 Å². The van der Waals surface area contributed by atoms with Crippen LogP contribution in [0.25, 0.3) is 0 Å². The highest BCUT2D eigenvalue weighted by molar-refractivity contribution is 5.99. The number of imide groups is 1. The van der Waals surface area contributed by atoms with E-state index in [9.17, 15) is 19.8 Å². The van der Waals surface area contributed by atoms with Gasteiger partial charge in [-0.2, -0.15) is 0 Å². The molecule has 254 valence electrons. The second-order valence-electron chi connectivity index (χ2n) is 17.7. The lowest BCUT2D eigenvalue weighted by atomic mass is 9.35. The van der Waals surface area contributed by atoms with E-state index < -0.39 is 16.9 Å². The molecule has 0 saturated heterocycles. The van der Waals surface area contributed by atoms with Crippen LogP contribution in [0.2, 0.25) is 0 Å². The van der Waals surface area contributed by atoms with Crippen molar-refractivity contribution in [3.8, 4) is 0 Å². The highest BCUT2D eigenvalue weighted by Gasteiger charge is 2.68. The van der Waals surface area contributed by atoms with E-state index in [1.807, 2.05) is 21.0 Å². The molecule has 0 aliphatic heterocycles. The molecule has 0 radical (unpaired) electrons. The Labute approximate surface area is 273 Å². The molecule has 0 heterocycles. The van der Waals surface area contributed by atoms with E-state index in [4.69, 9.17) is 0 Å². The molecule has 0 aromatic carbocycles. The minimum atomic E-state index is -0.646. The Kier molecular flexibility index (Phi) is 9.06. The zero-order chi connectivity index (χ0) is 33.2. The summed E-state index contributed by atoms with van der Waals surface area (Å²) in [5, 5.41) is 24.6. The fourth-order valence-electron chi connectivity index (χ4n) is 11.3. The highest BCUT2D eigenvalue weighted by atomic mass is 16.3. The van der Waals surface area contributed by atoms with Gasteiger partial charge in [0, 0.05) is 18.5 Å². The summed E-state index contributed by atoms with van der Waals surface area (Å²) in [6.45, 7) is 17.9. The molecule has 8 atom stereocenters. The largest absolute Gasteiger partial charge is 0.396 e. The molecule has 0 spiro atoms. The first-order chi connectivity index (χ1) is 21.0. The Bertz CT molecular complexity index is 1240. The van der Waals surface area contributed by atoms with Gasteiger partial charge >= 0.3 is 6.03 Å². The number of aliphatic hydroxyl groups excluding tert-OH is 2. The lowest BCUT2D eigenvalue weighted by Gasteiger charge is -2.69. The number of rotatable bonds is 7. The van der Waals surface area contributed by atoms with Crippen LogP contribution in [0.15, 0.2) is 23.3 Å². The van der Waals surface area contributed by atoms with Gasteiger partial charge in [0.15, 0.2) is 0 Å². The van der Waals surface area contributed by atoms with Crippen LogP contribution < -0.4 is 5.32 Å². The summed E-state index contributed by atoms with van der Waals surface area (Å²) in [4.78, 5) is 32.1. The fraction of sp³-hybridized carbons (Fsp3) is 0.842. The van der Waals surface area contributed by atoms with Gasteiger partial charge in [-0.25, -0.2) is 4.79 Å². The van der Waals surface area contributed by atoms with Crippen molar-refractivity contribution in [2.45, 2.75) is 119 Å². The molecule has 3 fully saturated rings. The average Bonchev–Trinajstić information content (AvgIpc) is 2.97. The van der Waals surface area contributed by atoms with E-state index in [0.717, 1.165) is 70.8 Å². The minimum Gasteiger partial charge on any atom is -0.396 e. The number of aliphatic hydroxyl groups is 2. The van der Waals surface area contributed by atoms with Crippen LogP contribution in [0, 0.1) is 44.3 Å². The third-order valence-corrected chi connectivity index (χ3v) is 14.4. The van der Waals surface area contributed by atoms with Gasteiger partial charge in [-0.15, -0.1) is 0 Å². The summed E-state index contributed by atoms with van der Waals surface area (Å²) >= 11 is 0. The summed E-state index contributed by atoms with van der Waals surface area (Å²) in [7, 11) is 4.06. The van der Waals surface area contributed by atoms with Crippen molar-refractivity contribution in [2.24, 2.45) is 44.3 Å². The number of carbonyl (C=O) groups excluding carboxylic acids is 2. The second kappa shape index (κ2) is 11.8. The van der Waals surface area contributed by atoms with E-state index >= 15 is 0 Å². The predicted molar refractivity (Wildman–Crippen MR) is 180 cm³/mol. The molecule has 0 aromatic heterocycles. The van der Waals surface area contributed by atoms with Gasteiger partial charge < -0.3 is 20.4 Å². The molecular weight excluding hydrogens is 562 g/mol. The summed E-state index contributed by atoms with van der Waals surface area (Å²) < 4.78 is 0. The van der Waals surface area contributed by atoms with Crippen molar-refractivity contribution < 1.29 is 19.8 Å². The third kappa shape index (κ3) is 5.17. The van der Waals surface area contributed by atoms with Crippen LogP contribution in [0.4, 0.5) is 4.79 Å². The van der Waals surface area contributed by atoms with Crippen LogP contribution in [-0.2, 0) is 4.79 Å². The first-order valence-corrected chi connectivity index (χ1v) is 17.9. The van der Waals surface area contributed by atoms with E-state index in [1.165, 1.54) is 11.1 Å². The van der Waals surface area contributed by atoms with Crippen molar-refractivity contribution in [2.75, 3.05) is 40.3 Å². The number of nitrogens with zero attached hydrogens (tertiary/aromatic N) is 2. The lowest BCUT2D eigenvalue weighted by Crippen LogP contribution is -2.64. The summed E-state index contributed by atoms with van der Waals surface area (Å²) in [6.07, 6.45) is 13.2. The van der Waals surface area contributed by atoms with E-state index in [2.05, 4.69) is 63.9 Å². The topological polar surface area (TPSA) is 93.1 Å². The van der Waals surface area contributed by atoms with Crippen LogP contribution in [0.1, 0.15) is 113 Å². The maximum Gasteiger partial charge on any atom is 0.324 e. The molecule has 7 heteroatoms. The lowest BCUT2D eigenvalue weighted by molar-refractivity contribution is -0.198. The summed E-state index contributed by atoms with van der Waals surface area (Å²) in [5.41, 5.74) is 1.49. The number of fused-ring (bicyclic) bond motifs is 6. The Morgan fingerprint density at radius 3 is 2.29 bits per heavy atom. The maximum atomic E-state index is 14.9. The quantitative estimate of drug-likeness (QED) is 0.298. The van der Waals surface area contributed by atoms with E-state index in [1.54, 1.807) is 4.90 Å². The Morgan fingerprint density at radius 1 is 0.956 bits per heavy atom. The number of urea groups is 1. The summed E-state index contributed by atoms with van der Waals surface area (Å²) in [6, 6.07) is -0.262. The van der Waals surface area contributed by atoms with Gasteiger partial charge in [-0.05, 0) is 131 Å². The van der Waals surface area contributed by atoms with Gasteiger partial charge in [-0.3, -0.25) is 9.69 Å². The zero-order valence-electron chi connectivity index (χ0n) is 29.9. The smallest absolute Gasteiger partial charge is 0.324 e. The molecule has 3 N–H and O–H groups in total. The van der Waals surface area contributed by atoms with Gasteiger partial charge in [0.25, 0.3) is 0 Å². The number of carbonyl (C=O) groups is 2. The van der Waals surface area contributed by atoms with E-state index in [0.29, 0.717) is 19.0 Å². The molecule has 3 amide bonds. The number of nitrogens with one attached hydrogen (secondary N) is 1. The second-order valence-corrected chi connectivity index (χ2v) is 17.7. The number of allylic oxidation sites excluding steroid dienone is 3. The molecule has 5 aliphatic rings. The standard InChI is InChI=1S/C38H63N3O4/c1-10-39-32(45)41(23-11-22-40(8)9)31(44)38-20-18-33(2,3)24-27(38)26-12-13-29-34(4)16-15-30(43)35(5,25-42)28(34)14-17-37(29,7)36(26,6)19-21-38/h12-13,28-30,42-43H,10-11,14-25H2,1-9H3,(H,39,45)/t28?,29?,30-,34+,35+,36-,37-,38+/m1/s1. The van der Waals surface area contributed by atoms with Crippen LogP contribution in [0.3, 0.4) is 0 Å². The Morgan fingerprint density at radius 2 is 1.64 bits per heavy atom. The fourth-order valence-corrected chi connectivity index (χ4v) is 11.3. The minimum absolute atomic E-state index is 0.00332. The van der Waals surface area contributed by atoms with Gasteiger partial charge in [0.05, 0.1) is 18.1 Å². The molecule has 3 saturated carbocycles. The highest BCUT2D eigenvalue weighted by Crippen LogP contribution is 2.74. The van der Waals surface area contributed by atoms with Crippen LogP contribution >= 0.6 is 0 Å². The van der Waals surface area contributed by atoms with Gasteiger partial charge in [0.2, 0.25) is 5.91 Å². The summed E-state index contributed by atoms with van der Waals surface area (Å²) in [5.74, 6) is 0.586. The maximum absolute atomic E-state index is 14.9. The Balaban J connectivity index is 1.61. The molecule has 7 nitrogen and oxygen atoms in total. The molecule has 0 bridgehead atoms.